The minimum absolute atomic E-state index is 0.113. The third kappa shape index (κ3) is 0.964. The number of hydrogen-bond acceptors (Lipinski definition) is 2. The molecule has 2 saturated carbocycles. The van der Waals surface area contributed by atoms with E-state index in [9.17, 15) is 0 Å². The summed E-state index contributed by atoms with van der Waals surface area (Å²) in [6.45, 7) is 0.644. The molecule has 0 saturated heterocycles. The summed E-state index contributed by atoms with van der Waals surface area (Å²) in [7, 11) is 1.70. The van der Waals surface area contributed by atoms with Crippen molar-refractivity contribution in [3.63, 3.8) is 0 Å². The molecule has 2 aliphatic rings. The predicted octanol–water partition coefficient (Wildman–Crippen LogP) is 1.96. The topological polar surface area (TPSA) is 33.0 Å². The summed E-state index contributed by atoms with van der Waals surface area (Å²) in [6, 6.07) is 2.48. The highest BCUT2D eigenvalue weighted by Gasteiger charge is 2.51. The highest BCUT2D eigenvalue weighted by molar-refractivity contribution is 5.11. The molecule has 3 atom stereocenters. The Hall–Kier alpha value is -0.550. The number of fused-ring (bicyclic) bond motifs is 2. The van der Waals surface area contributed by atoms with E-state index in [1.54, 1.807) is 7.11 Å². The average molecular weight is 165 g/mol. The molecule has 0 aromatic carbocycles. The van der Waals surface area contributed by atoms with Gasteiger partial charge in [0.1, 0.15) is 0 Å². The molecule has 0 amide bonds. The fourth-order valence-electron chi connectivity index (χ4n) is 3.05. The van der Waals surface area contributed by atoms with Gasteiger partial charge in [-0.2, -0.15) is 5.26 Å². The van der Waals surface area contributed by atoms with Crippen molar-refractivity contribution >= 4 is 0 Å². The third-order valence-electron chi connectivity index (χ3n) is 3.60. The molecule has 0 aromatic heterocycles. The molecular weight excluding hydrogens is 150 g/mol. The van der Waals surface area contributed by atoms with Gasteiger partial charge in [0, 0.05) is 7.11 Å². The Morgan fingerprint density at radius 1 is 1.58 bits per heavy atom. The lowest BCUT2D eigenvalue weighted by atomic mass is 9.75. The molecule has 12 heavy (non-hydrogen) atoms. The summed E-state index contributed by atoms with van der Waals surface area (Å²) in [5.41, 5.74) is -0.113. The van der Waals surface area contributed by atoms with E-state index in [4.69, 9.17) is 10.00 Å². The maximum atomic E-state index is 9.14. The van der Waals surface area contributed by atoms with Gasteiger partial charge in [0.25, 0.3) is 0 Å². The first kappa shape index (κ1) is 8.07. The molecule has 3 unspecified atom stereocenters. The Bertz CT molecular complexity index is 220. The summed E-state index contributed by atoms with van der Waals surface area (Å²) in [5.74, 6) is 1.46. The molecule has 2 rings (SSSR count). The minimum atomic E-state index is -0.113. The first-order chi connectivity index (χ1) is 5.80. The van der Waals surface area contributed by atoms with Crippen molar-refractivity contribution in [2.24, 2.45) is 17.3 Å². The summed E-state index contributed by atoms with van der Waals surface area (Å²) < 4.78 is 5.15. The second-order valence-electron chi connectivity index (χ2n) is 4.28. The molecule has 2 bridgehead atoms. The Balaban J connectivity index is 2.15. The fraction of sp³-hybridized carbons (Fsp3) is 0.900. The van der Waals surface area contributed by atoms with Gasteiger partial charge in [-0.05, 0) is 31.1 Å². The second kappa shape index (κ2) is 2.74. The maximum absolute atomic E-state index is 9.14. The van der Waals surface area contributed by atoms with E-state index < -0.39 is 0 Å². The molecule has 2 nitrogen and oxygen atoms in total. The van der Waals surface area contributed by atoms with Gasteiger partial charge in [0.05, 0.1) is 18.1 Å². The maximum Gasteiger partial charge on any atom is 0.0837 e. The van der Waals surface area contributed by atoms with Crippen LogP contribution in [-0.4, -0.2) is 13.7 Å². The van der Waals surface area contributed by atoms with Crippen LogP contribution in [0.2, 0.25) is 0 Å². The van der Waals surface area contributed by atoms with Gasteiger partial charge in [0.15, 0.2) is 0 Å². The zero-order chi connectivity index (χ0) is 8.60. The van der Waals surface area contributed by atoms with Gasteiger partial charge >= 0.3 is 0 Å². The van der Waals surface area contributed by atoms with Crippen molar-refractivity contribution in [1.82, 2.24) is 0 Å². The van der Waals surface area contributed by atoms with Crippen LogP contribution in [0.5, 0.6) is 0 Å². The largest absolute Gasteiger partial charge is 0.383 e. The van der Waals surface area contributed by atoms with Crippen molar-refractivity contribution < 1.29 is 4.74 Å². The molecule has 66 valence electrons. The molecule has 2 heteroatoms. The van der Waals surface area contributed by atoms with Crippen LogP contribution in [0.4, 0.5) is 0 Å². The van der Waals surface area contributed by atoms with Crippen LogP contribution in [-0.2, 0) is 4.74 Å². The number of ether oxygens (including phenoxy) is 1. The highest BCUT2D eigenvalue weighted by atomic mass is 16.5. The summed E-state index contributed by atoms with van der Waals surface area (Å²) in [6.07, 6.45) is 4.96. The Morgan fingerprint density at radius 3 is 2.83 bits per heavy atom. The molecule has 0 radical (unpaired) electrons. The van der Waals surface area contributed by atoms with Gasteiger partial charge in [-0.3, -0.25) is 0 Å². The normalized spacial score (nSPS) is 44.7. The average Bonchev–Trinajstić information content (AvgIpc) is 2.64. The third-order valence-corrected chi connectivity index (χ3v) is 3.60. The number of nitrogens with zero attached hydrogens (tertiary/aromatic N) is 1. The highest BCUT2D eigenvalue weighted by Crippen LogP contribution is 2.55. The monoisotopic (exact) mass is 165 g/mol. The lowest BCUT2D eigenvalue weighted by Gasteiger charge is -2.29. The van der Waals surface area contributed by atoms with Crippen molar-refractivity contribution in [1.29, 1.82) is 5.26 Å². The summed E-state index contributed by atoms with van der Waals surface area (Å²) in [5, 5.41) is 9.14. The van der Waals surface area contributed by atoms with Crippen molar-refractivity contribution in [2.75, 3.05) is 13.7 Å². The summed E-state index contributed by atoms with van der Waals surface area (Å²) >= 11 is 0. The van der Waals surface area contributed by atoms with Crippen LogP contribution in [0.25, 0.3) is 0 Å². The van der Waals surface area contributed by atoms with Gasteiger partial charge < -0.3 is 4.74 Å². The van der Waals surface area contributed by atoms with Crippen LogP contribution in [0, 0.1) is 28.6 Å². The predicted molar refractivity (Wildman–Crippen MR) is 45.4 cm³/mol. The molecule has 0 aliphatic heterocycles. The molecule has 0 aromatic rings. The lowest BCUT2D eigenvalue weighted by Crippen LogP contribution is -2.30. The minimum Gasteiger partial charge on any atom is -0.383 e. The van der Waals surface area contributed by atoms with E-state index in [1.807, 2.05) is 0 Å². The number of methoxy groups -OCH3 is 1. The smallest absolute Gasteiger partial charge is 0.0837 e. The van der Waals surface area contributed by atoms with Crippen LogP contribution >= 0.6 is 0 Å². The molecule has 2 fully saturated rings. The van der Waals surface area contributed by atoms with Gasteiger partial charge in [-0.25, -0.2) is 0 Å². The van der Waals surface area contributed by atoms with E-state index >= 15 is 0 Å². The standard InChI is InChI=1S/C10H15NO/c1-12-7-10(6-11)5-8-2-3-9(10)4-8/h8-9H,2-5,7H2,1H3. The number of hydrogen-bond donors (Lipinski definition) is 0. The van der Waals surface area contributed by atoms with E-state index in [-0.39, 0.29) is 5.41 Å². The molecular formula is C10H15NO. The van der Waals surface area contributed by atoms with Crippen LogP contribution < -0.4 is 0 Å². The Morgan fingerprint density at radius 2 is 2.42 bits per heavy atom. The van der Waals surface area contributed by atoms with Crippen molar-refractivity contribution in [2.45, 2.75) is 25.7 Å². The van der Waals surface area contributed by atoms with E-state index in [0.717, 1.165) is 12.3 Å². The molecule has 0 heterocycles. The number of rotatable bonds is 2. The van der Waals surface area contributed by atoms with Crippen molar-refractivity contribution in [3.05, 3.63) is 0 Å². The quantitative estimate of drug-likeness (QED) is 0.626. The molecule has 0 spiro atoms. The van der Waals surface area contributed by atoms with Gasteiger partial charge in [-0.1, -0.05) is 6.42 Å². The fourth-order valence-corrected chi connectivity index (χ4v) is 3.05. The van der Waals surface area contributed by atoms with Crippen LogP contribution in [0.1, 0.15) is 25.7 Å². The van der Waals surface area contributed by atoms with Crippen LogP contribution in [0.3, 0.4) is 0 Å². The van der Waals surface area contributed by atoms with E-state index in [2.05, 4.69) is 6.07 Å². The van der Waals surface area contributed by atoms with Crippen LogP contribution in [0.15, 0.2) is 0 Å². The Labute approximate surface area is 73.5 Å². The zero-order valence-corrected chi connectivity index (χ0v) is 7.55. The van der Waals surface area contributed by atoms with Gasteiger partial charge in [-0.15, -0.1) is 0 Å². The zero-order valence-electron chi connectivity index (χ0n) is 7.55. The first-order valence-corrected chi connectivity index (χ1v) is 4.71. The van der Waals surface area contributed by atoms with Gasteiger partial charge in [0.2, 0.25) is 0 Å². The lowest BCUT2D eigenvalue weighted by molar-refractivity contribution is 0.0769. The molecule has 0 N–H and O–H groups in total. The SMILES string of the molecule is COCC1(C#N)CC2CCC1C2. The van der Waals surface area contributed by atoms with E-state index in [0.29, 0.717) is 12.5 Å². The number of nitriles is 1. The molecule has 2 aliphatic carbocycles. The Kier molecular flexibility index (Phi) is 1.84. The van der Waals surface area contributed by atoms with Crippen molar-refractivity contribution in [3.8, 4) is 6.07 Å². The van der Waals surface area contributed by atoms with E-state index in [1.165, 1.54) is 19.3 Å². The summed E-state index contributed by atoms with van der Waals surface area (Å²) in [4.78, 5) is 0. The second-order valence-corrected chi connectivity index (χ2v) is 4.28. The first-order valence-electron chi connectivity index (χ1n) is 4.71.